The van der Waals surface area contributed by atoms with Gasteiger partial charge >= 0.3 is 0 Å². The highest BCUT2D eigenvalue weighted by Gasteiger charge is 2.31. The van der Waals surface area contributed by atoms with Crippen LogP contribution in [0, 0.1) is 6.92 Å². The number of fused-ring (bicyclic) bond motifs is 1. The predicted octanol–water partition coefficient (Wildman–Crippen LogP) is 3.43. The lowest BCUT2D eigenvalue weighted by molar-refractivity contribution is 0.0742. The van der Waals surface area contributed by atoms with Gasteiger partial charge in [0, 0.05) is 36.6 Å². The van der Waals surface area contributed by atoms with Crippen molar-refractivity contribution >= 4 is 17.2 Å². The molecule has 126 valence electrons. The first kappa shape index (κ1) is 15.8. The van der Waals surface area contributed by atoms with E-state index in [1.54, 1.807) is 11.3 Å². The second-order valence-electron chi connectivity index (χ2n) is 6.78. The van der Waals surface area contributed by atoms with Crippen molar-refractivity contribution in [1.29, 1.82) is 0 Å². The SMILES string of the molecule is Cc1nc(-c2ccsc2)ccc1C(=O)N1CCCN2CCC[C@@H]2C1. The fourth-order valence-electron chi connectivity index (χ4n) is 3.92. The zero-order chi connectivity index (χ0) is 16.5. The number of amides is 1. The molecule has 2 aromatic heterocycles. The Balaban J connectivity index is 1.55. The number of hydrogen-bond acceptors (Lipinski definition) is 4. The molecule has 4 heterocycles. The fraction of sp³-hybridized carbons (Fsp3) is 0.474. The average Bonchev–Trinajstić information content (AvgIpc) is 3.23. The third-order valence-corrected chi connectivity index (χ3v) is 5.91. The Hall–Kier alpha value is -1.72. The first-order valence-corrected chi connectivity index (χ1v) is 9.70. The molecule has 0 N–H and O–H groups in total. The molecule has 4 nitrogen and oxygen atoms in total. The van der Waals surface area contributed by atoms with Gasteiger partial charge in [0.25, 0.3) is 5.91 Å². The lowest BCUT2D eigenvalue weighted by Gasteiger charge is -2.26. The Labute approximate surface area is 147 Å². The van der Waals surface area contributed by atoms with Crippen LogP contribution in [-0.4, -0.2) is 52.9 Å². The summed E-state index contributed by atoms with van der Waals surface area (Å²) < 4.78 is 0. The van der Waals surface area contributed by atoms with Crippen LogP contribution in [-0.2, 0) is 0 Å². The standard InChI is InChI=1S/C19H23N3OS/c1-14-17(5-6-18(20-14)15-7-11-24-13-15)19(23)22-10-3-9-21-8-2-4-16(21)12-22/h5-7,11,13,16H,2-4,8-10,12H2,1H3/t16-/m1/s1. The molecule has 2 fully saturated rings. The van der Waals surface area contributed by atoms with Crippen LogP contribution in [0.3, 0.4) is 0 Å². The number of carbonyl (C=O) groups excluding carboxylic acids is 1. The van der Waals surface area contributed by atoms with Gasteiger partial charge in [-0.1, -0.05) is 0 Å². The van der Waals surface area contributed by atoms with Crippen LogP contribution in [0.25, 0.3) is 11.3 Å². The number of aryl methyl sites for hydroxylation is 1. The molecule has 0 bridgehead atoms. The van der Waals surface area contributed by atoms with Gasteiger partial charge in [-0.05, 0) is 56.3 Å². The van der Waals surface area contributed by atoms with Crippen LogP contribution in [0.5, 0.6) is 0 Å². The molecular weight excluding hydrogens is 318 g/mol. The first-order chi connectivity index (χ1) is 11.7. The van der Waals surface area contributed by atoms with Crippen LogP contribution >= 0.6 is 11.3 Å². The Bertz CT molecular complexity index is 728. The molecule has 0 spiro atoms. The van der Waals surface area contributed by atoms with Crippen molar-refractivity contribution in [3.05, 3.63) is 40.2 Å². The van der Waals surface area contributed by atoms with Crippen molar-refractivity contribution in [3.8, 4) is 11.3 Å². The highest BCUT2D eigenvalue weighted by molar-refractivity contribution is 7.08. The summed E-state index contributed by atoms with van der Waals surface area (Å²) in [6, 6.07) is 6.55. The van der Waals surface area contributed by atoms with E-state index in [9.17, 15) is 4.79 Å². The molecule has 24 heavy (non-hydrogen) atoms. The van der Waals surface area contributed by atoms with Crippen LogP contribution < -0.4 is 0 Å². The lowest BCUT2D eigenvalue weighted by Crippen LogP contribution is -2.39. The van der Waals surface area contributed by atoms with Crippen molar-refractivity contribution < 1.29 is 4.79 Å². The molecule has 0 saturated carbocycles. The van der Waals surface area contributed by atoms with E-state index in [0.717, 1.165) is 48.6 Å². The third kappa shape index (κ3) is 2.98. The Morgan fingerprint density at radius 1 is 1.21 bits per heavy atom. The number of nitrogens with zero attached hydrogens (tertiary/aromatic N) is 3. The summed E-state index contributed by atoms with van der Waals surface area (Å²) in [7, 11) is 0. The largest absolute Gasteiger partial charge is 0.337 e. The summed E-state index contributed by atoms with van der Waals surface area (Å²) in [6.45, 7) is 6.00. The monoisotopic (exact) mass is 341 g/mol. The minimum absolute atomic E-state index is 0.144. The third-order valence-electron chi connectivity index (χ3n) is 5.22. The summed E-state index contributed by atoms with van der Waals surface area (Å²) in [4.78, 5) is 22.3. The molecule has 0 unspecified atom stereocenters. The van der Waals surface area contributed by atoms with E-state index in [2.05, 4.69) is 26.7 Å². The molecule has 1 amide bonds. The summed E-state index contributed by atoms with van der Waals surface area (Å²) in [6.07, 6.45) is 3.56. The molecule has 5 heteroatoms. The maximum atomic E-state index is 13.0. The molecule has 2 aliphatic heterocycles. The van der Waals surface area contributed by atoms with Crippen molar-refractivity contribution in [3.63, 3.8) is 0 Å². The van der Waals surface area contributed by atoms with Crippen molar-refractivity contribution in [2.75, 3.05) is 26.2 Å². The topological polar surface area (TPSA) is 36.4 Å². The van der Waals surface area contributed by atoms with Gasteiger partial charge in [0.2, 0.25) is 0 Å². The summed E-state index contributed by atoms with van der Waals surface area (Å²) in [5.74, 6) is 0.144. The van der Waals surface area contributed by atoms with Gasteiger partial charge < -0.3 is 4.90 Å². The van der Waals surface area contributed by atoms with Crippen molar-refractivity contribution in [2.45, 2.75) is 32.2 Å². The maximum absolute atomic E-state index is 13.0. The molecule has 0 aromatic carbocycles. The second kappa shape index (κ2) is 6.65. The van der Waals surface area contributed by atoms with E-state index < -0.39 is 0 Å². The maximum Gasteiger partial charge on any atom is 0.255 e. The minimum atomic E-state index is 0.144. The number of rotatable bonds is 2. The molecular formula is C19H23N3OS. The molecule has 2 aromatic rings. The molecule has 2 saturated heterocycles. The highest BCUT2D eigenvalue weighted by Crippen LogP contribution is 2.24. The molecule has 0 radical (unpaired) electrons. The number of pyridine rings is 1. The zero-order valence-corrected chi connectivity index (χ0v) is 14.9. The van der Waals surface area contributed by atoms with Crippen molar-refractivity contribution in [2.24, 2.45) is 0 Å². The second-order valence-corrected chi connectivity index (χ2v) is 7.56. The van der Waals surface area contributed by atoms with E-state index in [-0.39, 0.29) is 5.91 Å². The molecule has 0 aliphatic carbocycles. The van der Waals surface area contributed by atoms with E-state index in [1.165, 1.54) is 19.4 Å². The summed E-state index contributed by atoms with van der Waals surface area (Å²) in [5.41, 5.74) is 3.65. The van der Waals surface area contributed by atoms with Gasteiger partial charge in [-0.3, -0.25) is 14.7 Å². The van der Waals surface area contributed by atoms with Gasteiger partial charge in [-0.15, -0.1) is 0 Å². The van der Waals surface area contributed by atoms with Crippen LogP contribution in [0.15, 0.2) is 29.0 Å². The van der Waals surface area contributed by atoms with Crippen LogP contribution in [0.4, 0.5) is 0 Å². The van der Waals surface area contributed by atoms with Gasteiger partial charge in [0.15, 0.2) is 0 Å². The van der Waals surface area contributed by atoms with E-state index in [4.69, 9.17) is 0 Å². The normalized spacial score (nSPS) is 21.5. The molecule has 4 rings (SSSR count). The van der Waals surface area contributed by atoms with E-state index in [0.29, 0.717) is 6.04 Å². The first-order valence-electron chi connectivity index (χ1n) is 8.76. The number of aromatic nitrogens is 1. The average molecular weight is 341 g/mol. The van der Waals surface area contributed by atoms with Gasteiger partial charge in [0.05, 0.1) is 17.0 Å². The number of thiophene rings is 1. The smallest absolute Gasteiger partial charge is 0.255 e. The lowest BCUT2D eigenvalue weighted by atomic mass is 10.1. The summed E-state index contributed by atoms with van der Waals surface area (Å²) in [5, 5.41) is 4.14. The zero-order valence-electron chi connectivity index (χ0n) is 14.1. The summed E-state index contributed by atoms with van der Waals surface area (Å²) >= 11 is 1.66. The Kier molecular flexibility index (Phi) is 4.37. The minimum Gasteiger partial charge on any atom is -0.337 e. The van der Waals surface area contributed by atoms with Gasteiger partial charge in [0.1, 0.15) is 0 Å². The number of carbonyl (C=O) groups is 1. The fourth-order valence-corrected chi connectivity index (χ4v) is 4.57. The Morgan fingerprint density at radius 3 is 2.88 bits per heavy atom. The Morgan fingerprint density at radius 2 is 2.08 bits per heavy atom. The van der Waals surface area contributed by atoms with E-state index in [1.807, 2.05) is 24.0 Å². The van der Waals surface area contributed by atoms with Gasteiger partial charge in [-0.25, -0.2) is 0 Å². The van der Waals surface area contributed by atoms with Crippen molar-refractivity contribution in [1.82, 2.24) is 14.8 Å². The number of hydrogen-bond donors (Lipinski definition) is 0. The van der Waals surface area contributed by atoms with Crippen LogP contribution in [0.2, 0.25) is 0 Å². The molecule has 1 atom stereocenters. The van der Waals surface area contributed by atoms with Gasteiger partial charge in [-0.2, -0.15) is 11.3 Å². The predicted molar refractivity (Wildman–Crippen MR) is 97.4 cm³/mol. The highest BCUT2D eigenvalue weighted by atomic mass is 32.1. The van der Waals surface area contributed by atoms with E-state index >= 15 is 0 Å². The molecule has 2 aliphatic rings. The van der Waals surface area contributed by atoms with Crippen LogP contribution in [0.1, 0.15) is 35.3 Å². The quantitative estimate of drug-likeness (QED) is 0.840.